The monoisotopic (exact) mass is 251 g/mol. The van der Waals surface area contributed by atoms with Gasteiger partial charge >= 0.3 is 5.97 Å². The molecule has 0 aliphatic carbocycles. The van der Waals surface area contributed by atoms with Crippen molar-refractivity contribution in [3.8, 4) is 0 Å². The van der Waals surface area contributed by atoms with Gasteiger partial charge in [-0.1, -0.05) is 0 Å². The minimum Gasteiger partial charge on any atom is -0.465 e. The Balaban J connectivity index is 2.68. The normalized spacial score (nSPS) is 24.4. The Hall–Kier alpha value is -0.490. The molecule has 16 heavy (non-hydrogen) atoms. The fourth-order valence-electron chi connectivity index (χ4n) is 1.54. The van der Waals surface area contributed by atoms with E-state index in [0.29, 0.717) is 13.0 Å². The van der Waals surface area contributed by atoms with Crippen molar-refractivity contribution < 1.29 is 18.1 Å². The van der Waals surface area contributed by atoms with Crippen LogP contribution in [0, 0.1) is 0 Å². The van der Waals surface area contributed by atoms with Gasteiger partial charge in [0, 0.05) is 13.1 Å². The van der Waals surface area contributed by atoms with Crippen LogP contribution in [0.1, 0.15) is 27.2 Å². The molecular formula is C10H18FNO3S. The Morgan fingerprint density at radius 3 is 2.69 bits per heavy atom. The molecule has 1 aliphatic rings. The predicted molar refractivity (Wildman–Crippen MR) is 59.9 cm³/mol. The molecule has 1 heterocycles. The lowest BCUT2D eigenvalue weighted by atomic mass is 10.2. The van der Waals surface area contributed by atoms with E-state index in [4.69, 9.17) is 4.74 Å². The van der Waals surface area contributed by atoms with Gasteiger partial charge in [-0.25, -0.2) is 12.9 Å². The molecule has 6 heteroatoms. The van der Waals surface area contributed by atoms with E-state index in [-0.39, 0.29) is 13.2 Å². The second-order valence-electron chi connectivity index (χ2n) is 4.25. The first-order chi connectivity index (χ1) is 7.39. The van der Waals surface area contributed by atoms with E-state index in [1.54, 1.807) is 20.8 Å². The first kappa shape index (κ1) is 13.6. The van der Waals surface area contributed by atoms with Gasteiger partial charge in [-0.2, -0.15) is 0 Å². The molecule has 0 aromatic heterocycles. The molecule has 2 atom stereocenters. The van der Waals surface area contributed by atoms with Crippen molar-refractivity contribution in [3.63, 3.8) is 0 Å². The molecular weight excluding hydrogens is 233 g/mol. The smallest absolute Gasteiger partial charge is 0.325 e. The summed E-state index contributed by atoms with van der Waals surface area (Å²) >= 11 is 0. The molecule has 0 bridgehead atoms. The number of hydrogen-bond donors (Lipinski definition) is 0. The van der Waals surface area contributed by atoms with E-state index >= 15 is 0 Å². The molecule has 0 amide bonds. The van der Waals surface area contributed by atoms with Crippen LogP contribution in [0.5, 0.6) is 0 Å². The highest BCUT2D eigenvalue weighted by molar-refractivity contribution is 7.84. The summed E-state index contributed by atoms with van der Waals surface area (Å²) in [4.78, 5) is 11.6. The van der Waals surface area contributed by atoms with Crippen LogP contribution in [0.3, 0.4) is 0 Å². The van der Waals surface area contributed by atoms with Gasteiger partial charge in [-0.15, -0.1) is 0 Å². The van der Waals surface area contributed by atoms with Crippen LogP contribution in [0.15, 0.2) is 0 Å². The van der Waals surface area contributed by atoms with Gasteiger partial charge in [0.25, 0.3) is 0 Å². The molecule has 94 valence electrons. The summed E-state index contributed by atoms with van der Waals surface area (Å²) in [6, 6.07) is 0. The molecule has 0 saturated carbocycles. The number of rotatable bonds is 4. The predicted octanol–water partition coefficient (Wildman–Crippen LogP) is 1.04. The molecule has 4 nitrogen and oxygen atoms in total. The van der Waals surface area contributed by atoms with Crippen LogP contribution in [0.2, 0.25) is 0 Å². The third-order valence-electron chi connectivity index (χ3n) is 2.53. The minimum absolute atomic E-state index is 0.134. The SMILES string of the molecule is CCOC(=O)C(C)(C)[S@@](=O)N1CCC(F)C1. The topological polar surface area (TPSA) is 46.6 Å². The lowest BCUT2D eigenvalue weighted by Crippen LogP contribution is -2.45. The zero-order chi connectivity index (χ0) is 12.3. The van der Waals surface area contributed by atoms with E-state index in [1.165, 1.54) is 4.31 Å². The Bertz CT molecular complexity index is 296. The van der Waals surface area contributed by atoms with Crippen LogP contribution in [-0.2, 0) is 20.5 Å². The van der Waals surface area contributed by atoms with Crippen LogP contribution < -0.4 is 0 Å². The molecule has 1 unspecified atom stereocenters. The van der Waals surface area contributed by atoms with Gasteiger partial charge in [-0.3, -0.25) is 4.79 Å². The number of ether oxygens (including phenoxy) is 1. The number of hydrogen-bond acceptors (Lipinski definition) is 3. The highest BCUT2D eigenvalue weighted by Crippen LogP contribution is 2.23. The maximum atomic E-state index is 13.0. The van der Waals surface area contributed by atoms with Gasteiger partial charge in [0.1, 0.15) is 17.2 Å². The molecule has 1 rings (SSSR count). The summed E-state index contributed by atoms with van der Waals surface area (Å²) in [5, 5.41) is 0. The van der Waals surface area contributed by atoms with Gasteiger partial charge < -0.3 is 4.74 Å². The lowest BCUT2D eigenvalue weighted by Gasteiger charge is -2.26. The number of alkyl halides is 1. The highest BCUT2D eigenvalue weighted by atomic mass is 32.2. The average Bonchev–Trinajstić information content (AvgIpc) is 2.64. The Labute approximate surface area is 97.7 Å². The second-order valence-corrected chi connectivity index (χ2v) is 6.29. The Kier molecular flexibility index (Phi) is 4.43. The van der Waals surface area contributed by atoms with Crippen molar-refractivity contribution in [1.82, 2.24) is 4.31 Å². The minimum atomic E-state index is -1.54. The lowest BCUT2D eigenvalue weighted by molar-refractivity contribution is -0.145. The first-order valence-electron chi connectivity index (χ1n) is 5.37. The zero-order valence-corrected chi connectivity index (χ0v) is 10.7. The van der Waals surface area contributed by atoms with E-state index in [2.05, 4.69) is 0 Å². The molecule has 1 aliphatic heterocycles. The summed E-state index contributed by atoms with van der Waals surface area (Å²) in [5.74, 6) is -0.504. The van der Waals surface area contributed by atoms with Crippen LogP contribution >= 0.6 is 0 Å². The summed E-state index contributed by atoms with van der Waals surface area (Å²) in [5.41, 5.74) is 0. The second kappa shape index (κ2) is 5.23. The standard InChI is InChI=1S/C10H18FNO3S/c1-4-15-9(13)10(2,3)16(14)12-6-5-8(11)7-12/h8H,4-7H2,1-3H3/t8?,16-/m1/s1. The third kappa shape index (κ3) is 2.79. The van der Waals surface area contributed by atoms with Crippen LogP contribution in [-0.4, -0.2) is 45.1 Å². The summed E-state index contributed by atoms with van der Waals surface area (Å²) in [6.45, 7) is 5.64. The van der Waals surface area contributed by atoms with Crippen LogP contribution in [0.25, 0.3) is 0 Å². The molecule has 1 fully saturated rings. The Morgan fingerprint density at radius 2 is 2.25 bits per heavy atom. The van der Waals surface area contributed by atoms with E-state index < -0.39 is 27.9 Å². The van der Waals surface area contributed by atoms with Crippen LogP contribution in [0.4, 0.5) is 4.39 Å². The number of nitrogens with zero attached hydrogens (tertiary/aromatic N) is 1. The van der Waals surface area contributed by atoms with Crippen molar-refractivity contribution in [2.45, 2.75) is 38.1 Å². The number of carbonyl (C=O) groups is 1. The van der Waals surface area contributed by atoms with Gasteiger partial charge in [-0.05, 0) is 27.2 Å². The molecule has 0 aromatic rings. The number of carbonyl (C=O) groups excluding carboxylic acids is 1. The van der Waals surface area contributed by atoms with Crippen molar-refractivity contribution in [2.75, 3.05) is 19.7 Å². The Morgan fingerprint density at radius 1 is 1.62 bits per heavy atom. The molecule has 0 spiro atoms. The first-order valence-corrected chi connectivity index (χ1v) is 6.48. The quantitative estimate of drug-likeness (QED) is 0.701. The van der Waals surface area contributed by atoms with Crippen molar-refractivity contribution in [3.05, 3.63) is 0 Å². The zero-order valence-electron chi connectivity index (χ0n) is 9.86. The average molecular weight is 251 g/mol. The van der Waals surface area contributed by atoms with Gasteiger partial charge in [0.2, 0.25) is 0 Å². The fraction of sp³-hybridized carbons (Fsp3) is 0.900. The molecule has 0 N–H and O–H groups in total. The van der Waals surface area contributed by atoms with E-state index in [0.717, 1.165) is 0 Å². The third-order valence-corrected chi connectivity index (χ3v) is 4.37. The van der Waals surface area contributed by atoms with Gasteiger partial charge in [0.15, 0.2) is 4.75 Å². The van der Waals surface area contributed by atoms with E-state index in [1.807, 2.05) is 0 Å². The highest BCUT2D eigenvalue weighted by Gasteiger charge is 2.41. The summed E-state index contributed by atoms with van der Waals surface area (Å²) < 4.78 is 30.3. The number of esters is 1. The summed E-state index contributed by atoms with van der Waals surface area (Å²) in [7, 11) is -1.54. The maximum absolute atomic E-state index is 13.0. The number of halogens is 1. The van der Waals surface area contributed by atoms with Crippen molar-refractivity contribution in [1.29, 1.82) is 0 Å². The molecule has 0 aromatic carbocycles. The summed E-state index contributed by atoms with van der Waals surface area (Å²) in [6.07, 6.45) is -0.563. The molecule has 0 radical (unpaired) electrons. The van der Waals surface area contributed by atoms with Gasteiger partial charge in [0.05, 0.1) is 6.61 Å². The van der Waals surface area contributed by atoms with Crippen molar-refractivity contribution in [2.24, 2.45) is 0 Å². The maximum Gasteiger partial charge on any atom is 0.325 e. The largest absolute Gasteiger partial charge is 0.465 e. The molecule has 1 saturated heterocycles. The van der Waals surface area contributed by atoms with E-state index in [9.17, 15) is 13.4 Å². The fourth-order valence-corrected chi connectivity index (χ4v) is 2.95. The van der Waals surface area contributed by atoms with Crippen molar-refractivity contribution >= 4 is 17.0 Å².